The van der Waals surface area contributed by atoms with Crippen LogP contribution in [0.3, 0.4) is 0 Å². The van der Waals surface area contributed by atoms with Gasteiger partial charge in [-0.05, 0) is 35.6 Å². The number of carboxylic acids is 1. The van der Waals surface area contributed by atoms with Crippen LogP contribution in [-0.4, -0.2) is 22.7 Å². The van der Waals surface area contributed by atoms with E-state index in [2.05, 4.69) is 5.32 Å². The van der Waals surface area contributed by atoms with Gasteiger partial charge in [-0.15, -0.1) is 0 Å². The first-order valence-electron chi connectivity index (χ1n) is 9.38. The third-order valence-corrected chi connectivity index (χ3v) is 5.72. The number of hydrogen-bond donors (Lipinski definition) is 2. The number of carbonyl (C=O) groups excluding carboxylic acids is 1. The Morgan fingerprint density at radius 2 is 1.76 bits per heavy atom. The fraction of sp³-hybridized carbons (Fsp3) is 0.364. The molecule has 2 aromatic rings. The zero-order valence-electron chi connectivity index (χ0n) is 16.6. The van der Waals surface area contributed by atoms with E-state index in [1.54, 1.807) is 25.1 Å². The van der Waals surface area contributed by atoms with Crippen LogP contribution in [0.1, 0.15) is 44.2 Å². The van der Waals surface area contributed by atoms with Gasteiger partial charge in [-0.2, -0.15) is 0 Å². The van der Waals surface area contributed by atoms with Crippen LogP contribution in [0.4, 0.5) is 4.79 Å². The summed E-state index contributed by atoms with van der Waals surface area (Å²) in [5.74, 6) is -1.80. The first kappa shape index (κ1) is 23.0. The monoisotopic (exact) mass is 437 g/mol. The van der Waals surface area contributed by atoms with Crippen molar-refractivity contribution < 1.29 is 19.4 Å². The Balaban J connectivity index is 2.33. The molecule has 2 atom stereocenters. The molecule has 7 heteroatoms. The van der Waals surface area contributed by atoms with Gasteiger partial charge in [0, 0.05) is 5.92 Å². The lowest BCUT2D eigenvalue weighted by atomic mass is 9.71. The molecule has 0 bridgehead atoms. The SMILES string of the molecule is CCC(NC(=O)OCc1ccccc1)(C(=O)O)C(c1ccc(Cl)c(Cl)c1)C(C)C. The van der Waals surface area contributed by atoms with E-state index in [1.165, 1.54) is 0 Å². The lowest BCUT2D eigenvalue weighted by Gasteiger charge is -2.39. The zero-order chi connectivity index (χ0) is 21.6. The average Bonchev–Trinajstić information content (AvgIpc) is 2.68. The summed E-state index contributed by atoms with van der Waals surface area (Å²) in [4.78, 5) is 24.9. The molecule has 2 aromatic carbocycles. The van der Waals surface area contributed by atoms with Crippen LogP contribution in [0.2, 0.25) is 10.0 Å². The molecule has 1 amide bonds. The van der Waals surface area contributed by atoms with E-state index in [9.17, 15) is 14.7 Å². The van der Waals surface area contributed by atoms with Gasteiger partial charge in [0.2, 0.25) is 0 Å². The quantitative estimate of drug-likeness (QED) is 0.539. The number of carbonyl (C=O) groups is 2. The van der Waals surface area contributed by atoms with Crippen molar-refractivity contribution in [1.29, 1.82) is 0 Å². The van der Waals surface area contributed by atoms with E-state index in [4.69, 9.17) is 27.9 Å². The van der Waals surface area contributed by atoms with Gasteiger partial charge < -0.3 is 15.2 Å². The van der Waals surface area contributed by atoms with Crippen LogP contribution >= 0.6 is 23.2 Å². The minimum atomic E-state index is -1.57. The van der Waals surface area contributed by atoms with Gasteiger partial charge in [-0.3, -0.25) is 0 Å². The number of hydrogen-bond acceptors (Lipinski definition) is 3. The normalized spacial score (nSPS) is 14.1. The molecular formula is C22H25Cl2NO4. The summed E-state index contributed by atoms with van der Waals surface area (Å²) in [5, 5.41) is 13.5. The third kappa shape index (κ3) is 5.43. The molecule has 2 N–H and O–H groups in total. The van der Waals surface area contributed by atoms with E-state index >= 15 is 0 Å². The summed E-state index contributed by atoms with van der Waals surface area (Å²) < 4.78 is 5.28. The van der Waals surface area contributed by atoms with Gasteiger partial charge >= 0.3 is 12.1 Å². The molecule has 0 aliphatic heterocycles. The van der Waals surface area contributed by atoms with Gasteiger partial charge in [0.1, 0.15) is 12.1 Å². The van der Waals surface area contributed by atoms with Gasteiger partial charge in [0.15, 0.2) is 0 Å². The number of ether oxygens (including phenoxy) is 1. The number of amides is 1. The van der Waals surface area contributed by atoms with E-state index in [-0.39, 0.29) is 18.9 Å². The maximum Gasteiger partial charge on any atom is 0.408 e. The lowest BCUT2D eigenvalue weighted by Crippen LogP contribution is -2.59. The summed E-state index contributed by atoms with van der Waals surface area (Å²) in [6.07, 6.45) is -0.630. The highest BCUT2D eigenvalue weighted by molar-refractivity contribution is 6.42. The molecule has 0 aliphatic rings. The van der Waals surface area contributed by atoms with E-state index in [1.807, 2.05) is 44.2 Å². The number of rotatable bonds is 8. The van der Waals surface area contributed by atoms with Crippen LogP contribution in [0, 0.1) is 5.92 Å². The first-order valence-corrected chi connectivity index (χ1v) is 10.1. The summed E-state index contributed by atoms with van der Waals surface area (Å²) in [7, 11) is 0. The summed E-state index contributed by atoms with van der Waals surface area (Å²) in [6, 6.07) is 14.2. The zero-order valence-corrected chi connectivity index (χ0v) is 18.1. The maximum absolute atomic E-state index is 12.5. The van der Waals surface area contributed by atoms with Crippen molar-refractivity contribution in [3.63, 3.8) is 0 Å². The van der Waals surface area contributed by atoms with E-state index in [0.717, 1.165) is 5.56 Å². The molecule has 2 rings (SSSR count). The van der Waals surface area contributed by atoms with Gasteiger partial charge in [0.05, 0.1) is 10.0 Å². The number of aliphatic carboxylic acids is 1. The highest BCUT2D eigenvalue weighted by atomic mass is 35.5. The number of carboxylic acid groups (broad SMARTS) is 1. The van der Waals surface area contributed by atoms with Crippen molar-refractivity contribution in [3.05, 3.63) is 69.7 Å². The number of halogens is 2. The molecule has 0 heterocycles. The molecule has 0 fully saturated rings. The summed E-state index contributed by atoms with van der Waals surface area (Å²) >= 11 is 12.2. The maximum atomic E-state index is 12.5. The second-order valence-electron chi connectivity index (χ2n) is 7.21. The van der Waals surface area contributed by atoms with Crippen molar-refractivity contribution in [2.75, 3.05) is 0 Å². The van der Waals surface area contributed by atoms with Crippen LogP contribution < -0.4 is 5.32 Å². The van der Waals surface area contributed by atoms with Crippen molar-refractivity contribution in [2.24, 2.45) is 5.92 Å². The van der Waals surface area contributed by atoms with Crippen molar-refractivity contribution in [3.8, 4) is 0 Å². The molecule has 0 aromatic heterocycles. The molecule has 0 spiro atoms. The molecule has 0 saturated heterocycles. The fourth-order valence-corrected chi connectivity index (χ4v) is 3.92. The molecule has 5 nitrogen and oxygen atoms in total. The third-order valence-electron chi connectivity index (χ3n) is 4.98. The first-order chi connectivity index (χ1) is 13.7. The van der Waals surface area contributed by atoms with Crippen molar-refractivity contribution >= 4 is 35.3 Å². The second-order valence-corrected chi connectivity index (χ2v) is 8.03. The van der Waals surface area contributed by atoms with Crippen LogP contribution in [0.15, 0.2) is 48.5 Å². The highest BCUT2D eigenvalue weighted by Crippen LogP contribution is 2.40. The molecule has 0 aliphatic carbocycles. The van der Waals surface area contributed by atoms with Gasteiger partial charge in [-0.1, -0.05) is 80.4 Å². The summed E-state index contributed by atoms with van der Waals surface area (Å²) in [6.45, 7) is 5.57. The van der Waals surface area contributed by atoms with Crippen LogP contribution in [-0.2, 0) is 16.1 Å². The number of alkyl carbamates (subject to hydrolysis) is 1. The summed E-state index contributed by atoms with van der Waals surface area (Å²) in [5.41, 5.74) is -0.0778. The average molecular weight is 438 g/mol. The second kappa shape index (κ2) is 9.99. The lowest BCUT2D eigenvalue weighted by molar-refractivity contribution is -0.146. The Kier molecular flexibility index (Phi) is 7.94. The van der Waals surface area contributed by atoms with Gasteiger partial charge in [-0.25, -0.2) is 9.59 Å². The standard InChI is InChI=1S/C22H25Cl2NO4/c1-4-22(20(26)27,25-21(28)29-13-15-8-6-5-7-9-15)19(14(2)3)16-10-11-17(23)18(24)12-16/h5-12,14,19H,4,13H2,1-3H3,(H,25,28)(H,26,27). The van der Waals surface area contributed by atoms with E-state index in [0.29, 0.717) is 15.6 Å². The molecule has 2 unspecified atom stereocenters. The largest absolute Gasteiger partial charge is 0.479 e. The van der Waals surface area contributed by atoms with Crippen LogP contribution in [0.5, 0.6) is 0 Å². The molecule has 0 radical (unpaired) electrons. The topological polar surface area (TPSA) is 75.6 Å². The smallest absolute Gasteiger partial charge is 0.408 e. The Hall–Kier alpha value is -2.24. The van der Waals surface area contributed by atoms with Crippen LogP contribution in [0.25, 0.3) is 0 Å². The minimum Gasteiger partial charge on any atom is -0.479 e. The van der Waals surface area contributed by atoms with E-state index < -0.39 is 23.5 Å². The predicted octanol–water partition coefficient (Wildman–Crippen LogP) is 5.89. The van der Waals surface area contributed by atoms with Crippen molar-refractivity contribution in [1.82, 2.24) is 5.32 Å². The van der Waals surface area contributed by atoms with Gasteiger partial charge in [0.25, 0.3) is 0 Å². The highest BCUT2D eigenvalue weighted by Gasteiger charge is 2.48. The Morgan fingerprint density at radius 1 is 1.10 bits per heavy atom. The Labute approximate surface area is 181 Å². The molecule has 29 heavy (non-hydrogen) atoms. The molecular weight excluding hydrogens is 413 g/mol. The number of benzene rings is 2. The fourth-order valence-electron chi connectivity index (χ4n) is 3.61. The Morgan fingerprint density at radius 3 is 2.28 bits per heavy atom. The molecule has 156 valence electrons. The Bertz CT molecular complexity index is 857. The number of nitrogens with one attached hydrogen (secondary N) is 1. The minimum absolute atomic E-state index is 0.0468. The molecule has 0 saturated carbocycles. The van der Waals surface area contributed by atoms with Crippen molar-refractivity contribution in [2.45, 2.75) is 45.3 Å². The predicted molar refractivity (Wildman–Crippen MR) is 114 cm³/mol.